The van der Waals surface area contributed by atoms with E-state index in [4.69, 9.17) is 0 Å². The summed E-state index contributed by atoms with van der Waals surface area (Å²) in [4.78, 5) is 27.9. The van der Waals surface area contributed by atoms with Crippen molar-refractivity contribution in [1.82, 2.24) is 10.2 Å². The number of nitrogens with zero attached hydrogens (tertiary/aromatic N) is 1. The third-order valence-electron chi connectivity index (χ3n) is 5.24. The van der Waals surface area contributed by atoms with Crippen LogP contribution in [0.5, 0.6) is 0 Å². The minimum absolute atomic E-state index is 0.0374. The lowest BCUT2D eigenvalue weighted by molar-refractivity contribution is -0.141. The van der Waals surface area contributed by atoms with Crippen molar-refractivity contribution in [3.63, 3.8) is 0 Å². The van der Waals surface area contributed by atoms with E-state index in [0.717, 1.165) is 22.6 Å². The first-order chi connectivity index (χ1) is 14.9. The number of hydrogen-bond donors (Lipinski definition) is 1. The number of amides is 2. The molecular formula is C26H36N2O2S. The molecule has 31 heavy (non-hydrogen) atoms. The Morgan fingerprint density at radius 3 is 2.35 bits per heavy atom. The summed E-state index contributed by atoms with van der Waals surface area (Å²) in [6.07, 6.45) is 1.02. The highest BCUT2D eigenvalue weighted by atomic mass is 32.2. The number of rotatable bonds is 12. The van der Waals surface area contributed by atoms with Gasteiger partial charge in [-0.3, -0.25) is 9.59 Å². The van der Waals surface area contributed by atoms with Crippen LogP contribution >= 0.6 is 11.8 Å². The van der Waals surface area contributed by atoms with Gasteiger partial charge in [-0.25, -0.2) is 0 Å². The van der Waals surface area contributed by atoms with Crippen LogP contribution in [0.4, 0.5) is 0 Å². The van der Waals surface area contributed by atoms with E-state index < -0.39 is 6.04 Å². The van der Waals surface area contributed by atoms with Gasteiger partial charge in [0, 0.05) is 31.0 Å². The monoisotopic (exact) mass is 440 g/mol. The van der Waals surface area contributed by atoms with E-state index in [0.29, 0.717) is 31.8 Å². The zero-order valence-corrected chi connectivity index (χ0v) is 20.1. The summed E-state index contributed by atoms with van der Waals surface area (Å²) in [5.41, 5.74) is 3.48. The number of hydrogen-bond acceptors (Lipinski definition) is 3. The molecule has 0 aliphatic heterocycles. The summed E-state index contributed by atoms with van der Waals surface area (Å²) in [5.74, 6) is 1.97. The van der Waals surface area contributed by atoms with Crippen LogP contribution in [-0.2, 0) is 21.9 Å². The molecule has 5 heteroatoms. The Labute approximate surface area is 191 Å². The van der Waals surface area contributed by atoms with Crippen molar-refractivity contribution in [3.05, 3.63) is 71.3 Å². The van der Waals surface area contributed by atoms with Crippen molar-refractivity contribution in [1.29, 1.82) is 0 Å². The van der Waals surface area contributed by atoms with E-state index in [2.05, 4.69) is 31.3 Å². The van der Waals surface area contributed by atoms with E-state index in [1.165, 1.54) is 5.56 Å². The Bertz CT molecular complexity index is 823. The van der Waals surface area contributed by atoms with Crippen LogP contribution in [0.3, 0.4) is 0 Å². The van der Waals surface area contributed by atoms with Gasteiger partial charge in [0.15, 0.2) is 0 Å². The second-order valence-electron chi connectivity index (χ2n) is 8.30. The molecule has 0 fully saturated rings. The molecule has 0 aromatic heterocycles. The molecule has 168 valence electrons. The van der Waals surface area contributed by atoms with Gasteiger partial charge in [-0.2, -0.15) is 11.8 Å². The molecule has 0 saturated carbocycles. The summed E-state index contributed by atoms with van der Waals surface area (Å²) < 4.78 is 0. The van der Waals surface area contributed by atoms with Crippen molar-refractivity contribution < 1.29 is 9.59 Å². The number of carbonyl (C=O) groups excluding carboxylic acids is 2. The summed E-state index contributed by atoms with van der Waals surface area (Å²) in [6.45, 7) is 9.25. The van der Waals surface area contributed by atoms with Gasteiger partial charge in [-0.1, -0.05) is 75.4 Å². The molecule has 0 aliphatic carbocycles. The standard InChI is InChI=1S/C26H36N2O2S/c1-5-24(26(30)27-17-20(2)3)28(18-23-14-10-9-11-21(23)4)25(29)15-16-31-19-22-12-7-6-8-13-22/h6-14,20,24H,5,15-19H2,1-4H3,(H,27,30)/t24-/m0/s1. The molecular weight excluding hydrogens is 404 g/mol. The van der Waals surface area contributed by atoms with E-state index in [9.17, 15) is 9.59 Å². The number of carbonyl (C=O) groups is 2. The van der Waals surface area contributed by atoms with Crippen molar-refractivity contribution in [3.8, 4) is 0 Å². The van der Waals surface area contributed by atoms with Crippen LogP contribution in [0.15, 0.2) is 54.6 Å². The maximum Gasteiger partial charge on any atom is 0.242 e. The van der Waals surface area contributed by atoms with Gasteiger partial charge in [0.1, 0.15) is 6.04 Å². The van der Waals surface area contributed by atoms with Crippen LogP contribution in [0.2, 0.25) is 0 Å². The summed E-state index contributed by atoms with van der Waals surface area (Å²) >= 11 is 1.76. The van der Waals surface area contributed by atoms with Gasteiger partial charge < -0.3 is 10.2 Å². The smallest absolute Gasteiger partial charge is 0.242 e. The lowest BCUT2D eigenvalue weighted by atomic mass is 10.1. The highest BCUT2D eigenvalue weighted by molar-refractivity contribution is 7.98. The Morgan fingerprint density at radius 1 is 1.03 bits per heavy atom. The zero-order valence-electron chi connectivity index (χ0n) is 19.3. The topological polar surface area (TPSA) is 49.4 Å². The first kappa shape index (κ1) is 25.0. The molecule has 0 spiro atoms. The predicted octanol–water partition coefficient (Wildman–Crippen LogP) is 5.20. The molecule has 0 radical (unpaired) electrons. The summed E-state index contributed by atoms with van der Waals surface area (Å²) in [6, 6.07) is 17.9. The average Bonchev–Trinajstić information content (AvgIpc) is 2.77. The molecule has 2 aromatic carbocycles. The van der Waals surface area contributed by atoms with E-state index >= 15 is 0 Å². The van der Waals surface area contributed by atoms with E-state index in [1.807, 2.05) is 56.3 Å². The van der Waals surface area contributed by atoms with Crippen LogP contribution in [0.1, 0.15) is 50.3 Å². The highest BCUT2D eigenvalue weighted by Gasteiger charge is 2.28. The number of aryl methyl sites for hydroxylation is 1. The van der Waals surface area contributed by atoms with Gasteiger partial charge in [-0.15, -0.1) is 0 Å². The van der Waals surface area contributed by atoms with Gasteiger partial charge >= 0.3 is 0 Å². The van der Waals surface area contributed by atoms with Crippen molar-refractivity contribution in [2.24, 2.45) is 5.92 Å². The molecule has 2 aromatic rings. The third kappa shape index (κ3) is 8.41. The molecule has 2 rings (SSSR count). The Hall–Kier alpha value is -2.27. The normalized spacial score (nSPS) is 11.9. The molecule has 4 nitrogen and oxygen atoms in total. The van der Waals surface area contributed by atoms with Gasteiger partial charge in [-0.05, 0) is 36.0 Å². The molecule has 0 unspecified atom stereocenters. The minimum Gasteiger partial charge on any atom is -0.354 e. The number of thioether (sulfide) groups is 1. The minimum atomic E-state index is -0.454. The van der Waals surface area contributed by atoms with Gasteiger partial charge in [0.05, 0.1) is 0 Å². The van der Waals surface area contributed by atoms with Crippen molar-refractivity contribution in [2.75, 3.05) is 12.3 Å². The lowest BCUT2D eigenvalue weighted by Gasteiger charge is -2.31. The molecule has 0 bridgehead atoms. The third-order valence-corrected chi connectivity index (χ3v) is 6.27. The fraction of sp³-hybridized carbons (Fsp3) is 0.462. The lowest BCUT2D eigenvalue weighted by Crippen LogP contribution is -2.49. The van der Waals surface area contributed by atoms with Crippen LogP contribution in [-0.4, -0.2) is 35.1 Å². The first-order valence-corrected chi connectivity index (χ1v) is 12.3. The van der Waals surface area contributed by atoms with Gasteiger partial charge in [0.2, 0.25) is 11.8 Å². The molecule has 2 amide bonds. The summed E-state index contributed by atoms with van der Waals surface area (Å²) in [5, 5.41) is 3.02. The second kappa shape index (κ2) is 13.2. The Morgan fingerprint density at radius 2 is 1.71 bits per heavy atom. The first-order valence-electron chi connectivity index (χ1n) is 11.2. The van der Waals surface area contributed by atoms with Crippen LogP contribution < -0.4 is 5.32 Å². The average molecular weight is 441 g/mol. The van der Waals surface area contributed by atoms with Crippen LogP contribution in [0.25, 0.3) is 0 Å². The fourth-order valence-corrected chi connectivity index (χ4v) is 4.27. The van der Waals surface area contributed by atoms with Crippen LogP contribution in [0, 0.1) is 12.8 Å². The predicted molar refractivity (Wildman–Crippen MR) is 131 cm³/mol. The zero-order chi connectivity index (χ0) is 22.6. The molecule has 0 heterocycles. The molecule has 0 aliphatic rings. The van der Waals surface area contributed by atoms with Gasteiger partial charge in [0.25, 0.3) is 0 Å². The highest BCUT2D eigenvalue weighted by Crippen LogP contribution is 2.18. The fourth-order valence-electron chi connectivity index (χ4n) is 3.38. The SMILES string of the molecule is CC[C@@H](C(=O)NCC(C)C)N(Cc1ccccc1C)C(=O)CCSCc1ccccc1. The summed E-state index contributed by atoms with van der Waals surface area (Å²) in [7, 11) is 0. The number of benzene rings is 2. The van der Waals surface area contributed by atoms with E-state index in [-0.39, 0.29) is 11.8 Å². The largest absolute Gasteiger partial charge is 0.354 e. The van der Waals surface area contributed by atoms with Crippen molar-refractivity contribution >= 4 is 23.6 Å². The quantitative estimate of drug-likeness (QED) is 0.462. The maximum atomic E-state index is 13.2. The maximum absolute atomic E-state index is 13.2. The van der Waals surface area contributed by atoms with Crippen molar-refractivity contribution in [2.45, 2.75) is 58.9 Å². The Kier molecular flexibility index (Phi) is 10.6. The Balaban J connectivity index is 2.06. The second-order valence-corrected chi connectivity index (χ2v) is 9.40. The molecule has 0 saturated heterocycles. The molecule has 1 N–H and O–H groups in total. The van der Waals surface area contributed by atoms with E-state index in [1.54, 1.807) is 16.7 Å². The molecule has 1 atom stereocenters. The number of nitrogens with one attached hydrogen (secondary N) is 1.